The minimum Gasteiger partial charge on any atom is -0.497 e. The second-order valence-electron chi connectivity index (χ2n) is 5.50. The summed E-state index contributed by atoms with van der Waals surface area (Å²) in [6.07, 6.45) is 0.652. The lowest BCUT2D eigenvalue weighted by Gasteiger charge is -2.15. The Balaban J connectivity index is 2.01. The number of carbonyl (C=O) groups is 1. The number of nitrogens with one attached hydrogen (secondary N) is 1. The van der Waals surface area contributed by atoms with E-state index >= 15 is 0 Å². The van der Waals surface area contributed by atoms with Gasteiger partial charge in [-0.15, -0.1) is 0 Å². The first-order valence-electron chi connectivity index (χ1n) is 8.02. The topological polar surface area (TPSA) is 75.0 Å². The molecule has 0 aliphatic heterocycles. The maximum absolute atomic E-state index is 12.5. The molecule has 130 valence electrons. The minimum absolute atomic E-state index is 0.0597. The first kappa shape index (κ1) is 18.8. The van der Waals surface area contributed by atoms with Crippen LogP contribution in [-0.2, 0) is 11.3 Å². The van der Waals surface area contributed by atoms with Gasteiger partial charge in [-0.05, 0) is 43.2 Å². The van der Waals surface area contributed by atoms with E-state index < -0.39 is 0 Å². The second-order valence-corrected chi connectivity index (χ2v) is 6.69. The molecule has 0 radical (unpaired) electrons. The first-order chi connectivity index (χ1) is 12.1. The van der Waals surface area contributed by atoms with Crippen LogP contribution in [-0.4, -0.2) is 23.3 Å². The Kier molecular flexibility index (Phi) is 6.84. The number of methoxy groups -OCH3 is 1. The van der Waals surface area contributed by atoms with Crippen molar-refractivity contribution in [3.8, 4) is 11.8 Å². The summed E-state index contributed by atoms with van der Waals surface area (Å²) in [7, 11) is 1.62. The number of thioether (sulfide) groups is 1. The summed E-state index contributed by atoms with van der Waals surface area (Å²) in [5, 5.41) is 12.5. The number of ether oxygens (including phenoxy) is 1. The van der Waals surface area contributed by atoms with E-state index in [1.165, 1.54) is 11.8 Å². The largest absolute Gasteiger partial charge is 0.497 e. The number of aryl methyl sites for hydroxylation is 1. The molecule has 1 aromatic heterocycles. The fraction of sp³-hybridized carbons (Fsp3) is 0.316. The van der Waals surface area contributed by atoms with Crippen molar-refractivity contribution in [2.24, 2.45) is 0 Å². The van der Waals surface area contributed by atoms with Gasteiger partial charge in [0.05, 0.1) is 17.9 Å². The van der Waals surface area contributed by atoms with Crippen LogP contribution in [0.15, 0.2) is 41.4 Å². The summed E-state index contributed by atoms with van der Waals surface area (Å²) >= 11 is 1.34. The van der Waals surface area contributed by atoms with Crippen LogP contribution in [0, 0.1) is 18.3 Å². The van der Waals surface area contributed by atoms with E-state index in [1.54, 1.807) is 19.2 Å². The van der Waals surface area contributed by atoms with Crippen LogP contribution < -0.4 is 10.1 Å². The van der Waals surface area contributed by atoms with Crippen molar-refractivity contribution in [2.45, 2.75) is 37.1 Å². The zero-order valence-electron chi connectivity index (χ0n) is 14.6. The highest BCUT2D eigenvalue weighted by molar-refractivity contribution is 8.00. The molecule has 2 aromatic rings. The van der Waals surface area contributed by atoms with E-state index in [0.29, 0.717) is 23.6 Å². The monoisotopic (exact) mass is 355 g/mol. The quantitative estimate of drug-likeness (QED) is 0.770. The third kappa shape index (κ3) is 5.23. The number of rotatable bonds is 7. The predicted molar refractivity (Wildman–Crippen MR) is 98.5 cm³/mol. The van der Waals surface area contributed by atoms with E-state index in [2.05, 4.69) is 16.4 Å². The van der Waals surface area contributed by atoms with Crippen molar-refractivity contribution in [3.05, 3.63) is 53.2 Å². The molecule has 1 heterocycles. The number of pyridine rings is 1. The summed E-state index contributed by atoms with van der Waals surface area (Å²) in [4.78, 5) is 16.9. The van der Waals surface area contributed by atoms with Crippen LogP contribution in [0.2, 0.25) is 0 Å². The van der Waals surface area contributed by atoms with E-state index in [9.17, 15) is 10.1 Å². The van der Waals surface area contributed by atoms with Crippen molar-refractivity contribution < 1.29 is 9.53 Å². The molecule has 6 heteroatoms. The van der Waals surface area contributed by atoms with Crippen LogP contribution in [0.4, 0.5) is 0 Å². The van der Waals surface area contributed by atoms with Crippen LogP contribution in [0.5, 0.6) is 5.75 Å². The molecule has 1 N–H and O–H groups in total. The Labute approximate surface area is 152 Å². The van der Waals surface area contributed by atoms with Gasteiger partial charge in [0.15, 0.2) is 0 Å². The normalized spacial score (nSPS) is 11.4. The van der Waals surface area contributed by atoms with Crippen LogP contribution in [0.3, 0.4) is 0 Å². The summed E-state index contributed by atoms with van der Waals surface area (Å²) < 4.78 is 5.12. The van der Waals surface area contributed by atoms with Crippen molar-refractivity contribution in [2.75, 3.05) is 7.11 Å². The van der Waals surface area contributed by atoms with E-state index in [0.717, 1.165) is 17.0 Å². The average Bonchev–Trinajstić information content (AvgIpc) is 2.64. The molecule has 1 aromatic carbocycles. The van der Waals surface area contributed by atoms with Gasteiger partial charge in [-0.25, -0.2) is 4.98 Å². The Bertz CT molecular complexity index is 769. The number of aromatic nitrogens is 1. The fourth-order valence-electron chi connectivity index (χ4n) is 2.21. The zero-order chi connectivity index (χ0) is 18.2. The molecule has 0 aliphatic carbocycles. The maximum Gasteiger partial charge on any atom is 0.233 e. The lowest BCUT2D eigenvalue weighted by molar-refractivity contribution is -0.120. The van der Waals surface area contributed by atoms with Gasteiger partial charge in [0.25, 0.3) is 0 Å². The van der Waals surface area contributed by atoms with Gasteiger partial charge >= 0.3 is 0 Å². The van der Waals surface area contributed by atoms with Gasteiger partial charge in [-0.2, -0.15) is 5.26 Å². The molecule has 0 saturated heterocycles. The van der Waals surface area contributed by atoms with Crippen molar-refractivity contribution in [3.63, 3.8) is 0 Å². The maximum atomic E-state index is 12.5. The molecule has 5 nitrogen and oxygen atoms in total. The second kappa shape index (κ2) is 9.09. The van der Waals surface area contributed by atoms with E-state index in [-0.39, 0.29) is 11.2 Å². The molecule has 0 bridgehead atoms. The Morgan fingerprint density at radius 1 is 1.32 bits per heavy atom. The van der Waals surface area contributed by atoms with Crippen LogP contribution in [0.25, 0.3) is 0 Å². The summed E-state index contributed by atoms with van der Waals surface area (Å²) in [6, 6.07) is 13.2. The molecule has 2 rings (SSSR count). The van der Waals surface area contributed by atoms with Crippen LogP contribution in [0.1, 0.15) is 30.2 Å². The number of amides is 1. The summed E-state index contributed by atoms with van der Waals surface area (Å²) in [5.41, 5.74) is 2.33. The van der Waals surface area contributed by atoms with Gasteiger partial charge in [-0.1, -0.05) is 30.8 Å². The zero-order valence-corrected chi connectivity index (χ0v) is 15.4. The standard InChI is InChI=1S/C19H21N3O2S/c1-4-17(25-19-15(11-20)8-5-13(2)22-19)18(23)21-12-14-6-9-16(24-3)10-7-14/h5-10,17H,4,12H2,1-3H3,(H,21,23). The Morgan fingerprint density at radius 2 is 2.04 bits per heavy atom. The number of benzene rings is 1. The third-order valence-corrected chi connectivity index (χ3v) is 5.03. The van der Waals surface area contributed by atoms with Crippen molar-refractivity contribution in [1.29, 1.82) is 5.26 Å². The lowest BCUT2D eigenvalue weighted by Crippen LogP contribution is -2.32. The molecule has 0 fully saturated rings. The van der Waals surface area contributed by atoms with Crippen LogP contribution >= 0.6 is 11.8 Å². The molecular weight excluding hydrogens is 334 g/mol. The Hall–Kier alpha value is -2.52. The molecule has 25 heavy (non-hydrogen) atoms. The molecule has 0 saturated carbocycles. The van der Waals surface area contributed by atoms with Gasteiger partial charge in [0.2, 0.25) is 5.91 Å². The summed E-state index contributed by atoms with van der Waals surface area (Å²) in [6.45, 7) is 4.27. The van der Waals surface area contributed by atoms with Crippen molar-refractivity contribution >= 4 is 17.7 Å². The highest BCUT2D eigenvalue weighted by Crippen LogP contribution is 2.27. The number of hydrogen-bond donors (Lipinski definition) is 1. The molecular formula is C19H21N3O2S. The lowest BCUT2D eigenvalue weighted by atomic mass is 10.2. The molecule has 1 unspecified atom stereocenters. The van der Waals surface area contributed by atoms with Crippen molar-refractivity contribution in [1.82, 2.24) is 10.3 Å². The smallest absolute Gasteiger partial charge is 0.233 e. The molecule has 0 aliphatic rings. The fourth-order valence-corrected chi connectivity index (χ4v) is 3.28. The minimum atomic E-state index is -0.292. The number of nitriles is 1. The number of hydrogen-bond acceptors (Lipinski definition) is 5. The number of carbonyl (C=O) groups excluding carboxylic acids is 1. The summed E-state index contributed by atoms with van der Waals surface area (Å²) in [5.74, 6) is 0.724. The average molecular weight is 355 g/mol. The highest BCUT2D eigenvalue weighted by Gasteiger charge is 2.20. The predicted octanol–water partition coefficient (Wildman–Crippen LogP) is 3.46. The van der Waals surface area contributed by atoms with Gasteiger partial charge in [0.1, 0.15) is 16.8 Å². The number of nitrogens with zero attached hydrogens (tertiary/aromatic N) is 2. The molecule has 1 atom stereocenters. The highest BCUT2D eigenvalue weighted by atomic mass is 32.2. The van der Waals surface area contributed by atoms with E-state index in [4.69, 9.17) is 4.74 Å². The third-order valence-electron chi connectivity index (χ3n) is 3.66. The SMILES string of the molecule is CCC(Sc1nc(C)ccc1C#N)C(=O)NCc1ccc(OC)cc1. The van der Waals surface area contributed by atoms with Gasteiger partial charge in [0, 0.05) is 12.2 Å². The molecule has 0 spiro atoms. The first-order valence-corrected chi connectivity index (χ1v) is 8.90. The van der Waals surface area contributed by atoms with Gasteiger partial charge < -0.3 is 10.1 Å². The Morgan fingerprint density at radius 3 is 2.64 bits per heavy atom. The van der Waals surface area contributed by atoms with Gasteiger partial charge in [-0.3, -0.25) is 4.79 Å². The molecule has 1 amide bonds. The van der Waals surface area contributed by atoms with E-state index in [1.807, 2.05) is 38.1 Å².